The quantitative estimate of drug-likeness (QED) is 0.576. The SMILES string of the molecule is CC(C)(C)OC(=O)[C@@H]1[C@@H](C=C2CCSC2=O)C1(C)C. The Hall–Kier alpha value is -0.770. The molecule has 1 saturated carbocycles. The zero-order valence-electron chi connectivity index (χ0n) is 12.3. The standard InChI is InChI=1S/C15H22O3S/c1-14(2,3)18-12(16)11-10(15(11,4)5)8-9-6-7-19-13(9)17/h8,10-11H,6-7H2,1-5H3/t10-,11+/m1/s1. The van der Waals surface area contributed by atoms with E-state index in [1.54, 1.807) is 0 Å². The highest BCUT2D eigenvalue weighted by molar-refractivity contribution is 8.14. The summed E-state index contributed by atoms with van der Waals surface area (Å²) in [6.07, 6.45) is 2.84. The molecule has 2 aliphatic rings. The number of thioether (sulfide) groups is 1. The van der Waals surface area contributed by atoms with Crippen molar-refractivity contribution >= 4 is 22.8 Å². The molecule has 106 valence electrons. The van der Waals surface area contributed by atoms with Gasteiger partial charge in [0, 0.05) is 11.3 Å². The van der Waals surface area contributed by atoms with E-state index in [9.17, 15) is 9.59 Å². The molecule has 1 saturated heterocycles. The zero-order valence-corrected chi connectivity index (χ0v) is 13.1. The molecule has 1 aliphatic heterocycles. The summed E-state index contributed by atoms with van der Waals surface area (Å²) in [4.78, 5) is 23.8. The highest BCUT2D eigenvalue weighted by atomic mass is 32.2. The van der Waals surface area contributed by atoms with Crippen LogP contribution in [0.3, 0.4) is 0 Å². The highest BCUT2D eigenvalue weighted by Gasteiger charge is 2.62. The Morgan fingerprint density at radius 2 is 2.05 bits per heavy atom. The van der Waals surface area contributed by atoms with Crippen molar-refractivity contribution in [1.29, 1.82) is 0 Å². The number of carbonyl (C=O) groups is 2. The third-order valence-electron chi connectivity index (χ3n) is 3.82. The van der Waals surface area contributed by atoms with Crippen LogP contribution in [0.1, 0.15) is 41.0 Å². The van der Waals surface area contributed by atoms with Crippen LogP contribution in [0.25, 0.3) is 0 Å². The third kappa shape index (κ3) is 3.04. The van der Waals surface area contributed by atoms with Gasteiger partial charge in [0.05, 0.1) is 5.92 Å². The molecular weight excluding hydrogens is 260 g/mol. The van der Waals surface area contributed by atoms with Crippen LogP contribution in [0.5, 0.6) is 0 Å². The van der Waals surface area contributed by atoms with Gasteiger partial charge in [-0.25, -0.2) is 0 Å². The molecule has 0 aromatic rings. The van der Waals surface area contributed by atoms with Crippen molar-refractivity contribution < 1.29 is 14.3 Å². The Kier molecular flexibility index (Phi) is 3.58. The Morgan fingerprint density at radius 3 is 2.53 bits per heavy atom. The van der Waals surface area contributed by atoms with E-state index in [-0.39, 0.29) is 28.3 Å². The molecule has 0 N–H and O–H groups in total. The van der Waals surface area contributed by atoms with Gasteiger partial charge in [-0.05, 0) is 38.5 Å². The number of hydrogen-bond donors (Lipinski definition) is 0. The molecule has 0 bridgehead atoms. The van der Waals surface area contributed by atoms with E-state index >= 15 is 0 Å². The topological polar surface area (TPSA) is 43.4 Å². The van der Waals surface area contributed by atoms with Crippen molar-refractivity contribution in [2.45, 2.75) is 46.6 Å². The second kappa shape index (κ2) is 4.65. The molecule has 1 aliphatic carbocycles. The van der Waals surface area contributed by atoms with Crippen LogP contribution in [-0.4, -0.2) is 22.4 Å². The van der Waals surface area contributed by atoms with E-state index in [0.29, 0.717) is 0 Å². The van der Waals surface area contributed by atoms with E-state index in [1.165, 1.54) is 11.8 Å². The molecule has 3 nitrogen and oxygen atoms in total. The van der Waals surface area contributed by atoms with Crippen LogP contribution in [0, 0.1) is 17.3 Å². The molecule has 2 atom stereocenters. The van der Waals surface area contributed by atoms with Crippen molar-refractivity contribution in [2.24, 2.45) is 17.3 Å². The maximum absolute atomic E-state index is 12.2. The largest absolute Gasteiger partial charge is 0.460 e. The fraction of sp³-hybridized carbons (Fsp3) is 0.733. The lowest BCUT2D eigenvalue weighted by molar-refractivity contribution is -0.157. The van der Waals surface area contributed by atoms with Crippen molar-refractivity contribution in [3.63, 3.8) is 0 Å². The van der Waals surface area contributed by atoms with Gasteiger partial charge in [0.2, 0.25) is 5.12 Å². The molecule has 19 heavy (non-hydrogen) atoms. The average molecular weight is 282 g/mol. The second-order valence-electron chi connectivity index (χ2n) is 6.94. The smallest absolute Gasteiger partial charge is 0.310 e. The summed E-state index contributed by atoms with van der Waals surface area (Å²) >= 11 is 1.37. The minimum Gasteiger partial charge on any atom is -0.460 e. The Morgan fingerprint density at radius 1 is 1.42 bits per heavy atom. The number of carbonyl (C=O) groups excluding carboxylic acids is 2. The zero-order chi connectivity index (χ0) is 14.4. The summed E-state index contributed by atoms with van der Waals surface area (Å²) in [5.41, 5.74) is 0.337. The van der Waals surface area contributed by atoms with Crippen molar-refractivity contribution in [3.8, 4) is 0 Å². The summed E-state index contributed by atoms with van der Waals surface area (Å²) in [6, 6.07) is 0. The minimum absolute atomic E-state index is 0.0944. The number of allylic oxidation sites excluding steroid dienone is 1. The highest BCUT2D eigenvalue weighted by Crippen LogP contribution is 2.60. The molecule has 0 aromatic heterocycles. The molecule has 4 heteroatoms. The summed E-state index contributed by atoms with van der Waals surface area (Å²) in [5.74, 6) is 0.754. The summed E-state index contributed by atoms with van der Waals surface area (Å²) in [6.45, 7) is 9.77. The molecule has 0 aromatic carbocycles. The first-order valence-corrected chi connectivity index (χ1v) is 7.72. The van der Waals surface area contributed by atoms with Gasteiger partial charge in [-0.3, -0.25) is 9.59 Å². The van der Waals surface area contributed by atoms with Crippen LogP contribution in [0.4, 0.5) is 0 Å². The van der Waals surface area contributed by atoms with Gasteiger partial charge in [-0.1, -0.05) is 31.7 Å². The summed E-state index contributed by atoms with van der Waals surface area (Å²) in [5, 5.41) is 0.172. The molecule has 0 spiro atoms. The minimum atomic E-state index is -0.452. The first kappa shape index (κ1) is 14.6. The van der Waals surface area contributed by atoms with Crippen LogP contribution in [-0.2, 0) is 14.3 Å². The van der Waals surface area contributed by atoms with Gasteiger partial charge in [-0.2, -0.15) is 0 Å². The lowest BCUT2D eigenvalue weighted by Gasteiger charge is -2.19. The average Bonchev–Trinajstić information content (AvgIpc) is 2.55. The van der Waals surface area contributed by atoms with E-state index < -0.39 is 5.60 Å². The monoisotopic (exact) mass is 282 g/mol. The van der Waals surface area contributed by atoms with E-state index in [4.69, 9.17) is 4.74 Å². The van der Waals surface area contributed by atoms with Gasteiger partial charge < -0.3 is 4.74 Å². The second-order valence-corrected chi connectivity index (χ2v) is 8.00. The molecule has 1 heterocycles. The van der Waals surface area contributed by atoms with Crippen LogP contribution in [0.15, 0.2) is 11.6 Å². The first-order valence-electron chi connectivity index (χ1n) is 6.73. The van der Waals surface area contributed by atoms with Gasteiger partial charge >= 0.3 is 5.97 Å². The fourth-order valence-electron chi connectivity index (χ4n) is 2.62. The Bertz CT molecular complexity index is 443. The van der Waals surface area contributed by atoms with Gasteiger partial charge in [0.25, 0.3) is 0 Å². The molecule has 0 unspecified atom stereocenters. The third-order valence-corrected chi connectivity index (χ3v) is 4.75. The number of rotatable bonds is 2. The van der Waals surface area contributed by atoms with Gasteiger partial charge in [-0.15, -0.1) is 0 Å². The maximum atomic E-state index is 12.2. The summed E-state index contributed by atoms with van der Waals surface area (Å²) in [7, 11) is 0. The lowest BCUT2D eigenvalue weighted by Crippen LogP contribution is -2.26. The van der Waals surface area contributed by atoms with Crippen LogP contribution in [0.2, 0.25) is 0 Å². The number of hydrogen-bond acceptors (Lipinski definition) is 4. The predicted molar refractivity (Wildman–Crippen MR) is 76.8 cm³/mol. The summed E-state index contributed by atoms with van der Waals surface area (Å²) < 4.78 is 5.46. The van der Waals surface area contributed by atoms with Crippen LogP contribution < -0.4 is 0 Å². The number of ether oxygens (including phenoxy) is 1. The Balaban J connectivity index is 2.08. The Labute approximate surface area is 119 Å². The predicted octanol–water partition coefficient (Wildman–Crippen LogP) is 3.19. The number of esters is 1. The molecule has 0 amide bonds. The molecule has 2 rings (SSSR count). The van der Waals surface area contributed by atoms with Crippen molar-refractivity contribution in [3.05, 3.63) is 11.6 Å². The molecular formula is C15H22O3S. The van der Waals surface area contributed by atoms with E-state index in [0.717, 1.165) is 17.7 Å². The van der Waals surface area contributed by atoms with Crippen molar-refractivity contribution in [1.82, 2.24) is 0 Å². The fourth-order valence-corrected chi connectivity index (χ4v) is 3.48. The van der Waals surface area contributed by atoms with E-state index in [1.807, 2.05) is 26.8 Å². The lowest BCUT2D eigenvalue weighted by atomic mass is 10.1. The van der Waals surface area contributed by atoms with Crippen LogP contribution >= 0.6 is 11.8 Å². The van der Waals surface area contributed by atoms with Crippen molar-refractivity contribution in [2.75, 3.05) is 5.75 Å². The molecule has 2 fully saturated rings. The van der Waals surface area contributed by atoms with E-state index in [2.05, 4.69) is 13.8 Å². The first-order chi connectivity index (χ1) is 8.63. The van der Waals surface area contributed by atoms with Gasteiger partial charge in [0.15, 0.2) is 0 Å². The molecule has 0 radical (unpaired) electrons. The normalized spacial score (nSPS) is 31.6. The van der Waals surface area contributed by atoms with Gasteiger partial charge in [0.1, 0.15) is 5.60 Å². The maximum Gasteiger partial charge on any atom is 0.310 e.